The Morgan fingerprint density at radius 3 is 2.70 bits per heavy atom. The summed E-state index contributed by atoms with van der Waals surface area (Å²) in [6.45, 7) is 7.18. The topological polar surface area (TPSA) is 43.0 Å². The Morgan fingerprint density at radius 1 is 1.45 bits per heavy atom. The van der Waals surface area contributed by atoms with Crippen molar-refractivity contribution in [2.45, 2.75) is 39.7 Å². The Morgan fingerprint density at radius 2 is 2.20 bits per heavy atom. The van der Waals surface area contributed by atoms with E-state index < -0.39 is 0 Å². The van der Waals surface area contributed by atoms with Gasteiger partial charge in [-0.05, 0) is 41.9 Å². The van der Waals surface area contributed by atoms with Crippen LogP contribution in [0.2, 0.25) is 0 Å². The molecule has 1 unspecified atom stereocenters. The molecule has 1 N–H and O–H groups in total. The number of rotatable bonds is 6. The van der Waals surface area contributed by atoms with Crippen molar-refractivity contribution in [2.24, 2.45) is 7.05 Å². The molecule has 110 valence electrons. The number of furan rings is 1. The van der Waals surface area contributed by atoms with Crippen LogP contribution in [-0.4, -0.2) is 16.3 Å². The van der Waals surface area contributed by atoms with Crippen LogP contribution in [-0.2, 0) is 19.9 Å². The first-order valence-electron chi connectivity index (χ1n) is 7.06. The van der Waals surface area contributed by atoms with E-state index in [9.17, 15) is 0 Å². The molecule has 0 aromatic carbocycles. The van der Waals surface area contributed by atoms with E-state index in [4.69, 9.17) is 4.42 Å². The zero-order valence-corrected chi connectivity index (χ0v) is 14.1. The smallest absolute Gasteiger partial charge is 0.105 e. The minimum Gasteiger partial charge on any atom is -0.469 e. The summed E-state index contributed by atoms with van der Waals surface area (Å²) < 4.78 is 8.55. The van der Waals surface area contributed by atoms with E-state index in [1.807, 2.05) is 24.7 Å². The van der Waals surface area contributed by atoms with Crippen LogP contribution in [0.25, 0.3) is 0 Å². The second kappa shape index (κ2) is 6.59. The Labute approximate surface area is 128 Å². The maximum absolute atomic E-state index is 5.44. The lowest BCUT2D eigenvalue weighted by Crippen LogP contribution is -2.24. The zero-order valence-electron chi connectivity index (χ0n) is 12.5. The van der Waals surface area contributed by atoms with E-state index in [0.717, 1.165) is 35.3 Å². The zero-order chi connectivity index (χ0) is 14.7. The van der Waals surface area contributed by atoms with Gasteiger partial charge >= 0.3 is 0 Å². The number of halogens is 1. The molecule has 2 heterocycles. The van der Waals surface area contributed by atoms with Crippen LogP contribution in [0.1, 0.15) is 42.6 Å². The maximum Gasteiger partial charge on any atom is 0.105 e. The number of hydrogen-bond donors (Lipinski definition) is 1. The minimum absolute atomic E-state index is 0.246. The van der Waals surface area contributed by atoms with Crippen molar-refractivity contribution in [1.29, 1.82) is 0 Å². The van der Waals surface area contributed by atoms with Crippen molar-refractivity contribution in [2.75, 3.05) is 6.54 Å². The highest BCUT2D eigenvalue weighted by Crippen LogP contribution is 2.28. The average molecular weight is 340 g/mol. The first-order valence-corrected chi connectivity index (χ1v) is 7.85. The van der Waals surface area contributed by atoms with Gasteiger partial charge in [0.1, 0.15) is 5.76 Å². The van der Waals surface area contributed by atoms with Crippen LogP contribution in [0, 0.1) is 6.92 Å². The van der Waals surface area contributed by atoms with Crippen molar-refractivity contribution in [3.8, 4) is 0 Å². The lowest BCUT2D eigenvalue weighted by molar-refractivity contribution is 0.493. The van der Waals surface area contributed by atoms with Crippen LogP contribution < -0.4 is 5.32 Å². The summed E-state index contributed by atoms with van der Waals surface area (Å²) in [6, 6.07) is 2.29. The summed E-state index contributed by atoms with van der Waals surface area (Å²) in [5.74, 6) is 0.977. The molecule has 1 atom stereocenters. The molecule has 2 aromatic rings. The fraction of sp³-hybridized carbons (Fsp3) is 0.533. The van der Waals surface area contributed by atoms with Gasteiger partial charge in [-0.25, -0.2) is 0 Å². The monoisotopic (exact) mass is 339 g/mol. The predicted molar refractivity (Wildman–Crippen MR) is 83.9 cm³/mol. The highest BCUT2D eigenvalue weighted by molar-refractivity contribution is 9.10. The molecule has 0 saturated carbocycles. The first kappa shape index (κ1) is 15.3. The third-order valence-corrected chi connectivity index (χ3v) is 4.54. The van der Waals surface area contributed by atoms with Crippen LogP contribution in [0.4, 0.5) is 0 Å². The number of likely N-dealkylation sites (N-methyl/N-ethyl adjacent to an activating group) is 1. The lowest BCUT2D eigenvalue weighted by atomic mass is 10.0. The number of aryl methyl sites for hydroxylation is 3. The maximum atomic E-state index is 5.44. The molecule has 5 heteroatoms. The van der Waals surface area contributed by atoms with Gasteiger partial charge < -0.3 is 9.73 Å². The average Bonchev–Trinajstić information content (AvgIpc) is 2.96. The van der Waals surface area contributed by atoms with Gasteiger partial charge in [0, 0.05) is 25.1 Å². The second-order valence-corrected chi connectivity index (χ2v) is 5.72. The first-order chi connectivity index (χ1) is 9.58. The lowest BCUT2D eigenvalue weighted by Gasteiger charge is -2.18. The van der Waals surface area contributed by atoms with Crippen molar-refractivity contribution in [3.05, 3.63) is 39.5 Å². The predicted octanol–water partition coefficient (Wildman–Crippen LogP) is 3.54. The van der Waals surface area contributed by atoms with Crippen molar-refractivity contribution in [1.82, 2.24) is 15.1 Å². The Hall–Kier alpha value is -1.07. The molecule has 0 radical (unpaired) electrons. The Balaban J connectivity index is 2.29. The standard InChI is InChI=1S/C15H22BrN3O/c1-5-12-15(16)14(19(4)18-12)9-13(17-6-2)11-7-8-20-10(11)3/h7-8,13,17H,5-6,9H2,1-4H3. The molecule has 2 aromatic heterocycles. The van der Waals surface area contributed by atoms with E-state index in [2.05, 4.69) is 40.2 Å². The molecule has 0 aliphatic carbocycles. The number of aromatic nitrogens is 2. The van der Waals surface area contributed by atoms with Gasteiger partial charge in [-0.2, -0.15) is 5.10 Å². The highest BCUT2D eigenvalue weighted by Gasteiger charge is 2.20. The molecule has 0 spiro atoms. The second-order valence-electron chi connectivity index (χ2n) is 4.93. The molecular formula is C15H22BrN3O. The number of nitrogens with one attached hydrogen (secondary N) is 1. The summed E-state index contributed by atoms with van der Waals surface area (Å²) in [4.78, 5) is 0. The molecule has 0 amide bonds. The van der Waals surface area contributed by atoms with Gasteiger partial charge in [-0.15, -0.1) is 0 Å². The molecule has 0 fully saturated rings. The summed E-state index contributed by atoms with van der Waals surface area (Å²) in [5.41, 5.74) is 3.55. The summed E-state index contributed by atoms with van der Waals surface area (Å²) >= 11 is 3.69. The molecule has 2 rings (SSSR count). The summed E-state index contributed by atoms with van der Waals surface area (Å²) in [6.07, 6.45) is 3.58. The van der Waals surface area contributed by atoms with E-state index in [1.165, 1.54) is 11.3 Å². The molecule has 0 bridgehead atoms. The van der Waals surface area contributed by atoms with Gasteiger partial charge in [0.2, 0.25) is 0 Å². The van der Waals surface area contributed by atoms with Crippen molar-refractivity contribution >= 4 is 15.9 Å². The molecule has 0 aliphatic rings. The molecule has 4 nitrogen and oxygen atoms in total. The molecule has 0 saturated heterocycles. The summed E-state index contributed by atoms with van der Waals surface area (Å²) in [7, 11) is 2.00. The van der Waals surface area contributed by atoms with E-state index in [-0.39, 0.29) is 6.04 Å². The van der Waals surface area contributed by atoms with E-state index in [0.29, 0.717) is 0 Å². The largest absolute Gasteiger partial charge is 0.469 e. The van der Waals surface area contributed by atoms with Crippen molar-refractivity contribution < 1.29 is 4.42 Å². The van der Waals surface area contributed by atoms with Gasteiger partial charge in [0.25, 0.3) is 0 Å². The third kappa shape index (κ3) is 2.99. The highest BCUT2D eigenvalue weighted by atomic mass is 79.9. The van der Waals surface area contributed by atoms with E-state index >= 15 is 0 Å². The van der Waals surface area contributed by atoms with Crippen LogP contribution in [0.5, 0.6) is 0 Å². The SMILES string of the molecule is CCNC(Cc1c(Br)c(CC)nn1C)c1ccoc1C. The fourth-order valence-corrected chi connectivity index (χ4v) is 3.31. The van der Waals surface area contributed by atoms with Crippen LogP contribution in [0.3, 0.4) is 0 Å². The van der Waals surface area contributed by atoms with Gasteiger partial charge in [0.05, 0.1) is 22.1 Å². The van der Waals surface area contributed by atoms with E-state index in [1.54, 1.807) is 6.26 Å². The number of nitrogens with zero attached hydrogens (tertiary/aromatic N) is 2. The Kier molecular flexibility index (Phi) is 5.05. The van der Waals surface area contributed by atoms with Gasteiger partial charge in [-0.3, -0.25) is 4.68 Å². The van der Waals surface area contributed by atoms with Gasteiger partial charge in [0.15, 0.2) is 0 Å². The molecule has 0 aliphatic heterocycles. The number of hydrogen-bond acceptors (Lipinski definition) is 3. The van der Waals surface area contributed by atoms with Crippen LogP contribution in [0.15, 0.2) is 21.2 Å². The quantitative estimate of drug-likeness (QED) is 0.875. The summed E-state index contributed by atoms with van der Waals surface area (Å²) in [5, 5.41) is 8.10. The van der Waals surface area contributed by atoms with Gasteiger partial charge in [-0.1, -0.05) is 13.8 Å². The third-order valence-electron chi connectivity index (χ3n) is 3.63. The normalized spacial score (nSPS) is 12.8. The molecule has 20 heavy (non-hydrogen) atoms. The minimum atomic E-state index is 0.246. The molecular weight excluding hydrogens is 318 g/mol. The van der Waals surface area contributed by atoms with Crippen molar-refractivity contribution in [3.63, 3.8) is 0 Å². The Bertz CT molecular complexity index is 574. The van der Waals surface area contributed by atoms with Crippen LogP contribution >= 0.6 is 15.9 Å². The fourth-order valence-electron chi connectivity index (χ4n) is 2.53.